The third kappa shape index (κ3) is 13.4. The lowest BCUT2D eigenvalue weighted by Gasteiger charge is -2.31. The van der Waals surface area contributed by atoms with Crippen molar-refractivity contribution in [1.82, 2.24) is 35.8 Å². The van der Waals surface area contributed by atoms with Crippen LogP contribution in [0.5, 0.6) is 0 Å². The molecule has 10 nitrogen and oxygen atoms in total. The molecule has 4 aromatic carbocycles. The summed E-state index contributed by atoms with van der Waals surface area (Å²) in [7, 11) is 0. The van der Waals surface area contributed by atoms with Crippen LogP contribution in [0.4, 0.5) is 17.6 Å². The third-order valence-electron chi connectivity index (χ3n) is 11.2. The predicted molar refractivity (Wildman–Crippen MR) is 241 cm³/mol. The van der Waals surface area contributed by atoms with Gasteiger partial charge in [-0.25, -0.2) is 17.6 Å². The molecule has 2 aliphatic rings. The van der Waals surface area contributed by atoms with Crippen LogP contribution < -0.4 is 10.6 Å². The molecule has 15 heteroatoms. The molecule has 0 radical (unpaired) electrons. The van der Waals surface area contributed by atoms with Gasteiger partial charge in [-0.15, -0.1) is 10.2 Å². The number of likely N-dealkylation sites (tertiary alicyclic amines) is 2. The third-order valence-corrected chi connectivity index (χ3v) is 12.1. The molecule has 332 valence electrons. The normalized spacial score (nSPS) is 15.3. The summed E-state index contributed by atoms with van der Waals surface area (Å²) in [5, 5.41) is 17.7. The molecule has 0 atom stereocenters. The molecular weight excluding hydrogens is 843 g/mol. The Labute approximate surface area is 373 Å². The number of rotatable bonds is 14. The van der Waals surface area contributed by atoms with Crippen molar-refractivity contribution in [2.45, 2.75) is 25.7 Å². The van der Waals surface area contributed by atoms with Crippen LogP contribution >= 0.6 is 11.3 Å². The Morgan fingerprint density at radius 1 is 0.641 bits per heavy atom. The number of carbonyl (C=O) groups is 2. The second-order valence-corrected chi connectivity index (χ2v) is 16.7. The van der Waals surface area contributed by atoms with Crippen molar-refractivity contribution in [1.29, 1.82) is 0 Å². The van der Waals surface area contributed by atoms with Crippen molar-refractivity contribution in [3.05, 3.63) is 160 Å². The first-order valence-corrected chi connectivity index (χ1v) is 22.1. The number of hydrogen-bond acceptors (Lipinski definition) is 9. The Hall–Kier alpha value is -6.29. The Kier molecular flexibility index (Phi) is 16.3. The molecular formula is C49H49F4N7O3S. The van der Waals surface area contributed by atoms with Gasteiger partial charge in [0.2, 0.25) is 10.8 Å². The molecule has 2 aromatic heterocycles. The molecule has 2 fully saturated rings. The topological polar surface area (TPSA) is 116 Å². The Morgan fingerprint density at radius 2 is 1.14 bits per heavy atom. The van der Waals surface area contributed by atoms with Gasteiger partial charge in [-0.05, 0) is 99.1 Å². The van der Waals surface area contributed by atoms with Gasteiger partial charge in [-0.2, -0.15) is 0 Å². The number of nitrogens with one attached hydrogen (secondary N) is 2. The monoisotopic (exact) mass is 891 g/mol. The van der Waals surface area contributed by atoms with E-state index in [1.165, 1.54) is 29.3 Å². The van der Waals surface area contributed by atoms with Crippen LogP contribution in [-0.2, 0) is 0 Å². The molecule has 0 bridgehead atoms. The number of carbonyl (C=O) groups excluding carboxylic acids is 2. The summed E-state index contributed by atoms with van der Waals surface area (Å²) < 4.78 is 59.1. The minimum Gasteiger partial charge on any atom is -0.350 e. The predicted octanol–water partition coefficient (Wildman–Crippen LogP) is 9.41. The quantitative estimate of drug-likeness (QED) is 0.104. The van der Waals surface area contributed by atoms with Crippen molar-refractivity contribution < 1.29 is 31.7 Å². The molecule has 0 aliphatic carbocycles. The lowest BCUT2D eigenvalue weighted by Crippen LogP contribution is -2.38. The van der Waals surface area contributed by atoms with Gasteiger partial charge < -0.3 is 15.2 Å². The molecule has 2 N–H and O–H groups in total. The maximum Gasteiger partial charge on any atom is 0.289 e. The summed E-state index contributed by atoms with van der Waals surface area (Å²) in [6.45, 7) is 6.90. The van der Waals surface area contributed by atoms with Crippen LogP contribution in [0.1, 0.15) is 57.2 Å². The molecule has 4 heterocycles. The zero-order chi connectivity index (χ0) is 44.7. The van der Waals surface area contributed by atoms with Crippen LogP contribution in [0.2, 0.25) is 0 Å². The standard InChI is InChI=1S/C25H25F2N3O2.C24H24F2N4OS/c26-20-8-9-21(22(27)15-20)23-16-24(32-29-23)25(31)28-17-19-10-13-30(14-11-19)12-4-7-18-5-2-1-3-6-18;25-19-8-9-20(21(26)15-19)23-28-29-24(32-23)22(31)27-16-18-10-13-30(14-11-18)12-4-7-17-5-2-1-3-6-17/h1-9,15-16,19H,10-14,17H2,(H,28,31);1-9,15,18H,10-14,16H2,(H,27,31)/b2*7-4+. The van der Waals surface area contributed by atoms with Gasteiger partial charge in [0.1, 0.15) is 29.0 Å². The van der Waals surface area contributed by atoms with Gasteiger partial charge >= 0.3 is 0 Å². The average Bonchev–Trinajstić information content (AvgIpc) is 4.01. The molecule has 2 amide bonds. The molecule has 64 heavy (non-hydrogen) atoms. The van der Waals surface area contributed by atoms with Gasteiger partial charge in [-0.1, -0.05) is 101 Å². The molecule has 0 unspecified atom stereocenters. The summed E-state index contributed by atoms with van der Waals surface area (Å²) in [6, 6.07) is 28.3. The van der Waals surface area contributed by atoms with Crippen LogP contribution in [0.25, 0.3) is 34.0 Å². The van der Waals surface area contributed by atoms with E-state index in [-0.39, 0.29) is 44.4 Å². The molecule has 8 rings (SSSR count). The van der Waals surface area contributed by atoms with Gasteiger partial charge in [-0.3, -0.25) is 19.4 Å². The first kappa shape index (κ1) is 45.7. The molecule has 6 aromatic rings. The number of hydrogen-bond donors (Lipinski definition) is 2. The summed E-state index contributed by atoms with van der Waals surface area (Å²) >= 11 is 0.996. The van der Waals surface area contributed by atoms with Gasteiger partial charge in [0.15, 0.2) is 5.01 Å². The SMILES string of the molecule is O=C(NCC1CCN(C/C=C/c2ccccc2)CC1)c1cc(-c2ccc(F)cc2F)no1.O=C(NCC1CCN(C/C=C/c2ccccc2)CC1)c1nnc(-c2ccc(F)cc2F)s1. The van der Waals surface area contributed by atoms with Gasteiger partial charge in [0.25, 0.3) is 11.8 Å². The summed E-state index contributed by atoms with van der Waals surface area (Å²) in [4.78, 5) is 29.6. The molecule has 0 spiro atoms. The fourth-order valence-corrected chi connectivity index (χ4v) is 8.27. The van der Waals surface area contributed by atoms with E-state index < -0.39 is 23.3 Å². The van der Waals surface area contributed by atoms with Crippen LogP contribution in [-0.4, -0.2) is 89.3 Å². The first-order valence-electron chi connectivity index (χ1n) is 21.3. The fourth-order valence-electron chi connectivity index (χ4n) is 7.48. The highest BCUT2D eigenvalue weighted by molar-refractivity contribution is 7.16. The van der Waals surface area contributed by atoms with Crippen LogP contribution in [0.3, 0.4) is 0 Å². The smallest absolute Gasteiger partial charge is 0.289 e. The molecule has 0 saturated carbocycles. The van der Waals surface area contributed by atoms with E-state index in [0.717, 1.165) is 101 Å². The average molecular weight is 892 g/mol. The zero-order valence-electron chi connectivity index (χ0n) is 35.1. The first-order chi connectivity index (χ1) is 31.2. The lowest BCUT2D eigenvalue weighted by molar-refractivity contribution is 0.0899. The van der Waals surface area contributed by atoms with E-state index >= 15 is 0 Å². The minimum absolute atomic E-state index is 0.00668. The molecule has 2 saturated heterocycles. The number of aromatic nitrogens is 3. The van der Waals surface area contributed by atoms with E-state index in [1.807, 2.05) is 36.4 Å². The van der Waals surface area contributed by atoms with Crippen molar-refractivity contribution in [3.8, 4) is 21.8 Å². The molecule has 2 aliphatic heterocycles. The largest absolute Gasteiger partial charge is 0.350 e. The fraction of sp³-hybridized carbons (Fsp3) is 0.286. The maximum atomic E-state index is 13.9. The summed E-state index contributed by atoms with van der Waals surface area (Å²) in [5.41, 5.74) is 2.78. The second-order valence-electron chi connectivity index (χ2n) is 15.8. The summed E-state index contributed by atoms with van der Waals surface area (Å²) in [5.74, 6) is -2.70. The summed E-state index contributed by atoms with van der Waals surface area (Å²) in [6.07, 6.45) is 12.7. The highest BCUT2D eigenvalue weighted by Gasteiger charge is 2.23. The Bertz CT molecular complexity index is 2330. The van der Waals surface area contributed by atoms with Crippen molar-refractivity contribution >= 4 is 35.3 Å². The number of halogens is 4. The maximum absolute atomic E-state index is 13.9. The second kappa shape index (κ2) is 22.9. The van der Waals surface area contributed by atoms with Gasteiger partial charge in [0.05, 0.1) is 0 Å². The van der Waals surface area contributed by atoms with E-state index in [4.69, 9.17) is 4.52 Å². The van der Waals surface area contributed by atoms with Crippen LogP contribution in [0.15, 0.2) is 120 Å². The number of nitrogens with zero attached hydrogens (tertiary/aromatic N) is 5. The van der Waals surface area contributed by atoms with Crippen molar-refractivity contribution in [2.75, 3.05) is 52.4 Å². The van der Waals surface area contributed by atoms with E-state index in [0.29, 0.717) is 24.9 Å². The number of piperidine rings is 2. The van der Waals surface area contributed by atoms with Gasteiger partial charge in [0, 0.05) is 55.5 Å². The number of benzene rings is 4. The Morgan fingerprint density at radius 3 is 1.66 bits per heavy atom. The van der Waals surface area contributed by atoms with Crippen LogP contribution in [0, 0.1) is 35.1 Å². The van der Waals surface area contributed by atoms with Crippen molar-refractivity contribution in [3.63, 3.8) is 0 Å². The Balaban J connectivity index is 0.000000191. The highest BCUT2D eigenvalue weighted by Crippen LogP contribution is 2.27. The zero-order valence-corrected chi connectivity index (χ0v) is 36.0. The minimum atomic E-state index is -0.754. The highest BCUT2D eigenvalue weighted by atomic mass is 32.1. The number of amides is 2. The van der Waals surface area contributed by atoms with E-state index in [9.17, 15) is 27.2 Å². The van der Waals surface area contributed by atoms with E-state index in [2.05, 4.69) is 84.4 Å². The lowest BCUT2D eigenvalue weighted by atomic mass is 9.96. The van der Waals surface area contributed by atoms with Crippen molar-refractivity contribution in [2.24, 2.45) is 11.8 Å². The van der Waals surface area contributed by atoms with E-state index in [1.54, 1.807) is 0 Å².